The van der Waals surface area contributed by atoms with Gasteiger partial charge in [-0.15, -0.1) is 12.4 Å². The second kappa shape index (κ2) is 7.85. The van der Waals surface area contributed by atoms with Crippen molar-refractivity contribution < 1.29 is 0 Å². The molecule has 2 rings (SSSR count). The minimum Gasteiger partial charge on any atom is -0.253 e. The fourth-order valence-corrected chi connectivity index (χ4v) is 1.52. The molecule has 0 fully saturated rings. The lowest BCUT2D eigenvalue weighted by Crippen LogP contribution is -2.30. The summed E-state index contributed by atoms with van der Waals surface area (Å²) in [6.45, 7) is 1.68. The van der Waals surface area contributed by atoms with Gasteiger partial charge in [-0.1, -0.05) is 60.7 Å². The van der Waals surface area contributed by atoms with Crippen LogP contribution in [0.4, 0.5) is 0 Å². The molecule has 2 nitrogen and oxygen atoms in total. The van der Waals surface area contributed by atoms with E-state index in [4.69, 9.17) is 0 Å². The molecule has 2 aromatic rings. The zero-order valence-electron chi connectivity index (χ0n) is 9.60. The number of rotatable bonds is 5. The lowest BCUT2D eigenvalue weighted by atomic mass is 10.2. The van der Waals surface area contributed by atoms with E-state index in [9.17, 15) is 0 Å². The van der Waals surface area contributed by atoms with E-state index in [2.05, 4.69) is 35.1 Å². The van der Waals surface area contributed by atoms with Crippen LogP contribution in [0.15, 0.2) is 60.7 Å². The van der Waals surface area contributed by atoms with Crippen LogP contribution < -0.4 is 10.9 Å². The third-order valence-electron chi connectivity index (χ3n) is 2.40. The molecular weight excluding hydrogens is 232 g/mol. The molecule has 17 heavy (non-hydrogen) atoms. The molecule has 0 bridgehead atoms. The van der Waals surface area contributed by atoms with Gasteiger partial charge < -0.3 is 0 Å². The Kier molecular flexibility index (Phi) is 6.33. The van der Waals surface area contributed by atoms with E-state index in [1.165, 1.54) is 11.1 Å². The number of benzene rings is 2. The first-order valence-corrected chi connectivity index (χ1v) is 5.49. The predicted octanol–water partition coefficient (Wildman–Crippen LogP) is 2.90. The minimum absolute atomic E-state index is 0. The second-order valence-electron chi connectivity index (χ2n) is 3.68. The summed E-state index contributed by atoms with van der Waals surface area (Å²) in [5, 5.41) is 0. The third kappa shape index (κ3) is 5.00. The zero-order valence-corrected chi connectivity index (χ0v) is 10.4. The highest BCUT2D eigenvalue weighted by molar-refractivity contribution is 5.85. The van der Waals surface area contributed by atoms with Crippen molar-refractivity contribution in [2.75, 3.05) is 0 Å². The summed E-state index contributed by atoms with van der Waals surface area (Å²) in [5.74, 6) is 0. The quantitative estimate of drug-likeness (QED) is 0.628. The van der Waals surface area contributed by atoms with Crippen molar-refractivity contribution in [3.63, 3.8) is 0 Å². The SMILES string of the molecule is Cl.c1ccc(CNNCc2ccccc2)cc1. The zero-order chi connectivity index (χ0) is 11.1. The van der Waals surface area contributed by atoms with Crippen LogP contribution in [0.25, 0.3) is 0 Å². The minimum atomic E-state index is 0. The fraction of sp³-hybridized carbons (Fsp3) is 0.143. The highest BCUT2D eigenvalue weighted by Gasteiger charge is 1.91. The van der Waals surface area contributed by atoms with Gasteiger partial charge in [0.2, 0.25) is 0 Å². The van der Waals surface area contributed by atoms with Crippen molar-refractivity contribution in [3.05, 3.63) is 71.8 Å². The smallest absolute Gasteiger partial charge is 0.0351 e. The van der Waals surface area contributed by atoms with Crippen LogP contribution in [-0.2, 0) is 13.1 Å². The Hall–Kier alpha value is -1.35. The first-order valence-electron chi connectivity index (χ1n) is 5.49. The molecule has 0 atom stereocenters. The van der Waals surface area contributed by atoms with Gasteiger partial charge in [0.25, 0.3) is 0 Å². The van der Waals surface area contributed by atoms with Crippen LogP contribution in [-0.4, -0.2) is 0 Å². The average Bonchev–Trinajstić information content (AvgIpc) is 2.37. The van der Waals surface area contributed by atoms with Crippen LogP contribution >= 0.6 is 12.4 Å². The van der Waals surface area contributed by atoms with Gasteiger partial charge >= 0.3 is 0 Å². The molecule has 0 spiro atoms. The normalized spacial score (nSPS) is 9.65. The Balaban J connectivity index is 0.00000144. The molecule has 90 valence electrons. The molecule has 0 heterocycles. The van der Waals surface area contributed by atoms with E-state index >= 15 is 0 Å². The fourth-order valence-electron chi connectivity index (χ4n) is 1.52. The van der Waals surface area contributed by atoms with Gasteiger partial charge in [0.05, 0.1) is 0 Å². The molecule has 0 aliphatic rings. The number of nitrogens with one attached hydrogen (secondary N) is 2. The van der Waals surface area contributed by atoms with Gasteiger partial charge in [0.1, 0.15) is 0 Å². The van der Waals surface area contributed by atoms with Crippen molar-refractivity contribution in [1.29, 1.82) is 0 Å². The maximum atomic E-state index is 3.20. The summed E-state index contributed by atoms with van der Waals surface area (Å²) < 4.78 is 0. The molecule has 2 N–H and O–H groups in total. The summed E-state index contributed by atoms with van der Waals surface area (Å²) in [6.07, 6.45) is 0. The average molecular weight is 249 g/mol. The Labute approximate surface area is 108 Å². The maximum Gasteiger partial charge on any atom is 0.0351 e. The molecule has 0 saturated carbocycles. The summed E-state index contributed by atoms with van der Waals surface area (Å²) in [7, 11) is 0. The number of hydrazine groups is 1. The monoisotopic (exact) mass is 248 g/mol. The maximum absolute atomic E-state index is 3.20. The van der Waals surface area contributed by atoms with Gasteiger partial charge in [-0.3, -0.25) is 10.9 Å². The molecule has 0 aliphatic heterocycles. The third-order valence-corrected chi connectivity index (χ3v) is 2.40. The van der Waals surface area contributed by atoms with Crippen LogP contribution in [0.2, 0.25) is 0 Å². The molecule has 0 aromatic heterocycles. The molecular formula is C14H17ClN2. The van der Waals surface area contributed by atoms with E-state index in [1.807, 2.05) is 36.4 Å². The summed E-state index contributed by atoms with van der Waals surface area (Å²) in [5.41, 5.74) is 8.96. The Morgan fingerprint density at radius 1 is 0.588 bits per heavy atom. The molecule has 0 aliphatic carbocycles. The van der Waals surface area contributed by atoms with Gasteiger partial charge in [-0.25, -0.2) is 0 Å². The summed E-state index contributed by atoms with van der Waals surface area (Å²) >= 11 is 0. The van der Waals surface area contributed by atoms with Crippen LogP contribution in [0.1, 0.15) is 11.1 Å². The van der Waals surface area contributed by atoms with E-state index in [0.717, 1.165) is 13.1 Å². The topological polar surface area (TPSA) is 24.1 Å². The highest BCUT2D eigenvalue weighted by atomic mass is 35.5. The lowest BCUT2D eigenvalue weighted by Gasteiger charge is -2.06. The number of hydrogen-bond acceptors (Lipinski definition) is 2. The van der Waals surface area contributed by atoms with Crippen LogP contribution in [0.3, 0.4) is 0 Å². The Bertz CT molecular complexity index is 362. The first kappa shape index (κ1) is 13.7. The summed E-state index contributed by atoms with van der Waals surface area (Å²) in [6, 6.07) is 20.7. The Morgan fingerprint density at radius 2 is 0.941 bits per heavy atom. The van der Waals surface area contributed by atoms with Gasteiger partial charge in [0, 0.05) is 13.1 Å². The van der Waals surface area contributed by atoms with E-state index < -0.39 is 0 Å². The van der Waals surface area contributed by atoms with Crippen LogP contribution in [0, 0.1) is 0 Å². The van der Waals surface area contributed by atoms with Crippen molar-refractivity contribution >= 4 is 12.4 Å². The van der Waals surface area contributed by atoms with Gasteiger partial charge in [-0.2, -0.15) is 0 Å². The van der Waals surface area contributed by atoms with Gasteiger partial charge in [-0.05, 0) is 11.1 Å². The van der Waals surface area contributed by atoms with Gasteiger partial charge in [0.15, 0.2) is 0 Å². The molecule has 0 amide bonds. The predicted molar refractivity (Wildman–Crippen MR) is 73.8 cm³/mol. The van der Waals surface area contributed by atoms with E-state index in [0.29, 0.717) is 0 Å². The number of hydrogen-bond donors (Lipinski definition) is 2. The molecule has 0 saturated heterocycles. The molecule has 2 aromatic carbocycles. The first-order chi connectivity index (χ1) is 7.95. The van der Waals surface area contributed by atoms with Crippen molar-refractivity contribution in [2.24, 2.45) is 0 Å². The van der Waals surface area contributed by atoms with Crippen molar-refractivity contribution in [3.8, 4) is 0 Å². The molecule has 0 unspecified atom stereocenters. The Morgan fingerprint density at radius 3 is 1.29 bits per heavy atom. The summed E-state index contributed by atoms with van der Waals surface area (Å²) in [4.78, 5) is 0. The van der Waals surface area contributed by atoms with E-state index in [1.54, 1.807) is 0 Å². The second-order valence-corrected chi connectivity index (χ2v) is 3.68. The van der Waals surface area contributed by atoms with Crippen molar-refractivity contribution in [1.82, 2.24) is 10.9 Å². The standard InChI is InChI=1S/C14H16N2.ClH/c1-3-7-13(8-4-1)11-15-16-12-14-9-5-2-6-10-14;/h1-10,15-16H,11-12H2;1H. The lowest BCUT2D eigenvalue weighted by molar-refractivity contribution is 0.529. The van der Waals surface area contributed by atoms with E-state index in [-0.39, 0.29) is 12.4 Å². The van der Waals surface area contributed by atoms with Crippen molar-refractivity contribution in [2.45, 2.75) is 13.1 Å². The highest BCUT2D eigenvalue weighted by Crippen LogP contribution is 1.98. The molecule has 0 radical (unpaired) electrons. The molecule has 3 heteroatoms. The number of halogens is 1. The largest absolute Gasteiger partial charge is 0.253 e. The van der Waals surface area contributed by atoms with Crippen LogP contribution in [0.5, 0.6) is 0 Å².